The predicted octanol–water partition coefficient (Wildman–Crippen LogP) is 1.76. The van der Waals surface area contributed by atoms with Crippen molar-refractivity contribution >= 4 is 11.6 Å². The molecule has 1 aromatic carbocycles. The molecule has 0 unspecified atom stereocenters. The molecule has 0 aromatic heterocycles. The summed E-state index contributed by atoms with van der Waals surface area (Å²) in [5.74, 6) is 0.310. The molecule has 20 heavy (non-hydrogen) atoms. The maximum Gasteiger partial charge on any atom is 0.216 e. The number of anilines is 1. The summed E-state index contributed by atoms with van der Waals surface area (Å²) in [4.78, 5) is 13.1. The zero-order chi connectivity index (χ0) is 14.5. The molecule has 0 atom stereocenters. The predicted molar refractivity (Wildman–Crippen MR) is 77.5 cm³/mol. The lowest BCUT2D eigenvalue weighted by atomic mass is 9.96. The van der Waals surface area contributed by atoms with E-state index in [1.54, 1.807) is 12.1 Å². The Morgan fingerprint density at radius 1 is 1.45 bits per heavy atom. The quantitative estimate of drug-likeness (QED) is 0.826. The lowest BCUT2D eigenvalue weighted by molar-refractivity contribution is -0.119. The van der Waals surface area contributed by atoms with Gasteiger partial charge in [0.05, 0.1) is 0 Å². The first-order valence-electron chi connectivity index (χ1n) is 7.06. The first-order chi connectivity index (χ1) is 9.56. The van der Waals surface area contributed by atoms with Gasteiger partial charge in [-0.25, -0.2) is 4.39 Å². The fourth-order valence-electron chi connectivity index (χ4n) is 2.60. The normalized spacial score (nSPS) is 17.1. The molecule has 0 radical (unpaired) electrons. The van der Waals surface area contributed by atoms with E-state index in [0.717, 1.165) is 32.5 Å². The maximum atomic E-state index is 13.7. The molecule has 1 fully saturated rings. The Labute approximate surface area is 119 Å². The minimum absolute atomic E-state index is 0.0200. The van der Waals surface area contributed by atoms with Gasteiger partial charge in [0.1, 0.15) is 5.82 Å². The Kier molecular flexibility index (Phi) is 4.95. The van der Waals surface area contributed by atoms with Crippen LogP contribution < -0.4 is 11.1 Å². The Morgan fingerprint density at radius 2 is 2.15 bits per heavy atom. The number of carbonyl (C=O) groups is 1. The van der Waals surface area contributed by atoms with Crippen LogP contribution in [0.3, 0.4) is 0 Å². The summed E-state index contributed by atoms with van der Waals surface area (Å²) in [5, 5.41) is 2.86. The van der Waals surface area contributed by atoms with Crippen molar-refractivity contribution < 1.29 is 9.18 Å². The van der Waals surface area contributed by atoms with Crippen LogP contribution in [-0.4, -0.2) is 30.4 Å². The minimum Gasteiger partial charge on any atom is -0.398 e. The van der Waals surface area contributed by atoms with E-state index in [1.807, 2.05) is 0 Å². The fourth-order valence-corrected chi connectivity index (χ4v) is 2.60. The van der Waals surface area contributed by atoms with E-state index in [4.69, 9.17) is 5.73 Å². The van der Waals surface area contributed by atoms with Gasteiger partial charge in [-0.15, -0.1) is 0 Å². The van der Waals surface area contributed by atoms with E-state index in [9.17, 15) is 9.18 Å². The van der Waals surface area contributed by atoms with Crippen LogP contribution in [-0.2, 0) is 11.3 Å². The second kappa shape index (κ2) is 6.70. The van der Waals surface area contributed by atoms with E-state index in [-0.39, 0.29) is 11.7 Å². The highest BCUT2D eigenvalue weighted by molar-refractivity contribution is 5.72. The number of piperidine rings is 1. The molecule has 0 aliphatic carbocycles. The van der Waals surface area contributed by atoms with Gasteiger partial charge >= 0.3 is 0 Å². The van der Waals surface area contributed by atoms with Crippen molar-refractivity contribution in [1.82, 2.24) is 10.2 Å². The molecule has 1 saturated heterocycles. The van der Waals surface area contributed by atoms with Crippen molar-refractivity contribution in [3.05, 3.63) is 29.6 Å². The molecule has 2 rings (SSSR count). The zero-order valence-corrected chi connectivity index (χ0v) is 11.9. The second-order valence-electron chi connectivity index (χ2n) is 5.46. The van der Waals surface area contributed by atoms with E-state index < -0.39 is 0 Å². The van der Waals surface area contributed by atoms with Gasteiger partial charge in [-0.05, 0) is 44.0 Å². The van der Waals surface area contributed by atoms with E-state index in [2.05, 4.69) is 10.2 Å². The zero-order valence-electron chi connectivity index (χ0n) is 11.9. The van der Waals surface area contributed by atoms with Crippen LogP contribution >= 0.6 is 0 Å². The summed E-state index contributed by atoms with van der Waals surface area (Å²) < 4.78 is 13.7. The summed E-state index contributed by atoms with van der Waals surface area (Å²) in [6.07, 6.45) is 2.04. The summed E-state index contributed by atoms with van der Waals surface area (Å²) in [5.41, 5.74) is 6.94. The van der Waals surface area contributed by atoms with E-state index in [1.165, 1.54) is 13.0 Å². The van der Waals surface area contributed by atoms with Gasteiger partial charge < -0.3 is 11.1 Å². The average molecular weight is 279 g/mol. The van der Waals surface area contributed by atoms with Crippen LogP contribution in [0.15, 0.2) is 18.2 Å². The molecule has 1 amide bonds. The van der Waals surface area contributed by atoms with Gasteiger partial charge in [0, 0.05) is 31.3 Å². The molecule has 5 heteroatoms. The maximum absolute atomic E-state index is 13.7. The SMILES string of the molecule is CC(=O)NCC1CCN(Cc2c(N)cccc2F)CC1. The van der Waals surface area contributed by atoms with Crippen LogP contribution in [0, 0.1) is 11.7 Å². The number of nitrogen functional groups attached to an aromatic ring is 1. The summed E-state index contributed by atoms with van der Waals surface area (Å²) in [6.45, 7) is 4.67. The average Bonchev–Trinajstić information content (AvgIpc) is 2.42. The van der Waals surface area contributed by atoms with Crippen LogP contribution in [0.5, 0.6) is 0 Å². The Hall–Kier alpha value is -1.62. The van der Waals surface area contributed by atoms with Crippen molar-refractivity contribution in [2.75, 3.05) is 25.4 Å². The lowest BCUT2D eigenvalue weighted by Crippen LogP contribution is -2.38. The third-order valence-electron chi connectivity index (χ3n) is 3.88. The molecule has 1 aliphatic rings. The Bertz CT molecular complexity index is 450. The second-order valence-corrected chi connectivity index (χ2v) is 5.46. The number of amides is 1. The third kappa shape index (κ3) is 3.93. The van der Waals surface area contributed by atoms with Gasteiger partial charge in [0.15, 0.2) is 0 Å². The molecule has 110 valence electrons. The van der Waals surface area contributed by atoms with Crippen molar-refractivity contribution in [3.8, 4) is 0 Å². The van der Waals surface area contributed by atoms with Crippen molar-refractivity contribution in [3.63, 3.8) is 0 Å². The largest absolute Gasteiger partial charge is 0.398 e. The highest BCUT2D eigenvalue weighted by atomic mass is 19.1. The minimum atomic E-state index is -0.231. The molecule has 4 nitrogen and oxygen atoms in total. The van der Waals surface area contributed by atoms with Crippen LogP contribution in [0.4, 0.5) is 10.1 Å². The first kappa shape index (κ1) is 14.8. The van der Waals surface area contributed by atoms with Crippen molar-refractivity contribution in [2.24, 2.45) is 5.92 Å². The number of nitrogens with zero attached hydrogens (tertiary/aromatic N) is 1. The van der Waals surface area contributed by atoms with Crippen molar-refractivity contribution in [1.29, 1.82) is 0 Å². The summed E-state index contributed by atoms with van der Waals surface area (Å²) in [6, 6.07) is 4.82. The molecule has 3 N–H and O–H groups in total. The molecular formula is C15H22FN3O. The standard InChI is InChI=1S/C15H22FN3O/c1-11(20)18-9-12-5-7-19(8-6-12)10-13-14(16)3-2-4-15(13)17/h2-4,12H,5-10,17H2,1H3,(H,18,20). The van der Waals surface area contributed by atoms with Crippen LogP contribution in [0.2, 0.25) is 0 Å². The van der Waals surface area contributed by atoms with Gasteiger partial charge in [-0.1, -0.05) is 6.07 Å². The number of hydrogen-bond acceptors (Lipinski definition) is 3. The number of nitrogens with one attached hydrogen (secondary N) is 1. The number of nitrogens with two attached hydrogens (primary N) is 1. The van der Waals surface area contributed by atoms with Crippen molar-refractivity contribution in [2.45, 2.75) is 26.3 Å². The van der Waals surface area contributed by atoms with Gasteiger partial charge in [0.2, 0.25) is 5.91 Å². The number of carbonyl (C=O) groups excluding carboxylic acids is 1. The molecule has 0 spiro atoms. The number of hydrogen-bond donors (Lipinski definition) is 2. The molecule has 1 heterocycles. The smallest absolute Gasteiger partial charge is 0.216 e. The molecular weight excluding hydrogens is 257 g/mol. The summed E-state index contributed by atoms with van der Waals surface area (Å²) in [7, 11) is 0. The number of benzene rings is 1. The molecule has 1 aromatic rings. The number of halogens is 1. The molecule has 1 aliphatic heterocycles. The van der Waals surface area contributed by atoms with Crippen LogP contribution in [0.1, 0.15) is 25.3 Å². The van der Waals surface area contributed by atoms with Gasteiger partial charge in [-0.3, -0.25) is 9.69 Å². The van der Waals surface area contributed by atoms with Gasteiger partial charge in [0.25, 0.3) is 0 Å². The highest BCUT2D eigenvalue weighted by Crippen LogP contribution is 2.22. The topological polar surface area (TPSA) is 58.4 Å². The lowest BCUT2D eigenvalue weighted by Gasteiger charge is -2.32. The summed E-state index contributed by atoms with van der Waals surface area (Å²) >= 11 is 0. The fraction of sp³-hybridized carbons (Fsp3) is 0.533. The van der Waals surface area contributed by atoms with E-state index >= 15 is 0 Å². The highest BCUT2D eigenvalue weighted by Gasteiger charge is 2.20. The monoisotopic (exact) mass is 279 g/mol. The number of likely N-dealkylation sites (tertiary alicyclic amines) is 1. The number of rotatable bonds is 4. The first-order valence-corrected chi connectivity index (χ1v) is 7.06. The van der Waals surface area contributed by atoms with Gasteiger partial charge in [-0.2, -0.15) is 0 Å². The van der Waals surface area contributed by atoms with Crippen LogP contribution in [0.25, 0.3) is 0 Å². The molecule has 0 saturated carbocycles. The third-order valence-corrected chi connectivity index (χ3v) is 3.88. The van der Waals surface area contributed by atoms with E-state index in [0.29, 0.717) is 23.7 Å². The Balaban J connectivity index is 1.84. The Morgan fingerprint density at radius 3 is 2.75 bits per heavy atom. The molecule has 0 bridgehead atoms.